The quantitative estimate of drug-likeness (QED) is 0.0588. The maximum absolute atomic E-state index is 14.4. The smallest absolute Gasteiger partial charge is 0.331 e. The number of imide groups is 3. The molecule has 2 unspecified atom stereocenters. The molecule has 21 heteroatoms. The van der Waals surface area contributed by atoms with E-state index >= 15 is 0 Å². The second-order valence-corrected chi connectivity index (χ2v) is 19.0. The van der Waals surface area contributed by atoms with Gasteiger partial charge in [0.05, 0.1) is 5.60 Å². The van der Waals surface area contributed by atoms with Crippen LogP contribution in [-0.2, 0) is 28.8 Å². The Morgan fingerprint density at radius 1 is 0.852 bits per heavy atom. The van der Waals surface area contributed by atoms with E-state index in [1.165, 1.54) is 72.7 Å². The number of amides is 12. The molecule has 0 aliphatic heterocycles. The van der Waals surface area contributed by atoms with Gasteiger partial charge < -0.3 is 35.8 Å². The molecule has 0 aromatic carbocycles. The number of rotatable bonds is 20. The second kappa shape index (κ2) is 22.8. The van der Waals surface area contributed by atoms with Crippen molar-refractivity contribution in [3.63, 3.8) is 0 Å². The molecule has 19 nitrogen and oxygen atoms in total. The average Bonchev–Trinajstić information content (AvgIpc) is 3.62. The van der Waals surface area contributed by atoms with Gasteiger partial charge in [0, 0.05) is 60.5 Å². The minimum Gasteiger partial charge on any atom is -0.390 e. The van der Waals surface area contributed by atoms with Crippen LogP contribution in [0, 0.1) is 17.3 Å². The molecule has 348 valence electrons. The number of nitrogens with zero attached hydrogens (tertiary/aromatic N) is 5. The Hall–Kier alpha value is -4.11. The third kappa shape index (κ3) is 13.7. The summed E-state index contributed by atoms with van der Waals surface area (Å²) < 4.78 is 0. The maximum atomic E-state index is 14.4. The minimum absolute atomic E-state index is 0.0468. The molecule has 0 spiro atoms. The summed E-state index contributed by atoms with van der Waals surface area (Å²) in [6.45, 7) is 14.9. The van der Waals surface area contributed by atoms with Crippen molar-refractivity contribution in [1.82, 2.24) is 45.8 Å². The van der Waals surface area contributed by atoms with Crippen molar-refractivity contribution in [2.75, 3.05) is 53.8 Å². The average molecular weight is 902 g/mol. The first-order valence-corrected chi connectivity index (χ1v) is 22.1. The summed E-state index contributed by atoms with van der Waals surface area (Å²) in [7, 11) is 8.02. The highest BCUT2D eigenvalue weighted by atomic mass is 32.2. The zero-order valence-electron chi connectivity index (χ0n) is 38.6. The van der Waals surface area contributed by atoms with Gasteiger partial charge in [0.15, 0.2) is 5.37 Å². The Morgan fingerprint density at radius 2 is 1.41 bits per heavy atom. The Morgan fingerprint density at radius 3 is 1.87 bits per heavy atom. The number of thiol groups is 1. The highest BCUT2D eigenvalue weighted by Crippen LogP contribution is 2.62. The van der Waals surface area contributed by atoms with E-state index in [9.17, 15) is 48.3 Å². The van der Waals surface area contributed by atoms with Crippen molar-refractivity contribution in [3.05, 3.63) is 0 Å². The number of aliphatic hydroxyl groups is 1. The Kier molecular flexibility index (Phi) is 20.5. The molecular formula is C40H71N9O10S2. The molecule has 1 fully saturated rings. The van der Waals surface area contributed by atoms with Crippen LogP contribution in [0.3, 0.4) is 0 Å². The van der Waals surface area contributed by atoms with Crippen molar-refractivity contribution in [2.24, 2.45) is 17.3 Å². The first-order chi connectivity index (χ1) is 28.0. The lowest BCUT2D eigenvalue weighted by atomic mass is 9.96. The molecule has 5 N–H and O–H groups in total. The largest absolute Gasteiger partial charge is 0.390 e. The lowest BCUT2D eigenvalue weighted by molar-refractivity contribution is -0.147. The highest BCUT2D eigenvalue weighted by molar-refractivity contribution is 8.00. The molecule has 12 amide bonds. The summed E-state index contributed by atoms with van der Waals surface area (Å²) in [4.78, 5) is 126. The first-order valence-electron chi connectivity index (χ1n) is 20.4. The van der Waals surface area contributed by atoms with Gasteiger partial charge in [-0.05, 0) is 63.4 Å². The Bertz CT molecular complexity index is 1640. The van der Waals surface area contributed by atoms with Crippen LogP contribution in [0.2, 0.25) is 0 Å². The van der Waals surface area contributed by atoms with Crippen LogP contribution in [0.4, 0.5) is 14.4 Å². The van der Waals surface area contributed by atoms with Crippen molar-refractivity contribution in [3.8, 4) is 0 Å². The van der Waals surface area contributed by atoms with Gasteiger partial charge in [0.25, 0.3) is 17.7 Å². The normalized spacial score (nSPS) is 18.6. The van der Waals surface area contributed by atoms with Gasteiger partial charge in [0.1, 0.15) is 23.7 Å². The molecule has 1 saturated carbocycles. The number of carbonyl (C=O) groups excluding carboxylic acids is 9. The lowest BCUT2D eigenvalue weighted by Crippen LogP contribution is -2.62. The SMILES string of the molecule is CCCC(=O)N(C)[C@H](SCCCS)C(=O)N(C)[C@@H](CC(C)(C)O)C(=O)N[C@@]1(C(=O)N(C)C(=O)NC(=O)NC(C)C(=O)N(C)C(=O)N(C)[C@@H](CC(C)C)C(=O)NC)C(C)C1(C)C. The molecule has 0 heterocycles. The number of hydrogen-bond donors (Lipinski definition) is 6. The minimum atomic E-state index is -1.70. The van der Waals surface area contributed by atoms with Crippen LogP contribution in [0.15, 0.2) is 0 Å². The monoisotopic (exact) mass is 901 g/mol. The van der Waals surface area contributed by atoms with Crippen molar-refractivity contribution < 1.29 is 48.3 Å². The van der Waals surface area contributed by atoms with Crippen LogP contribution >= 0.6 is 24.4 Å². The van der Waals surface area contributed by atoms with E-state index in [-0.39, 0.29) is 24.7 Å². The second-order valence-electron chi connectivity index (χ2n) is 17.3. The summed E-state index contributed by atoms with van der Waals surface area (Å²) in [6, 6.07) is -6.71. The summed E-state index contributed by atoms with van der Waals surface area (Å²) in [6.07, 6.45) is 1.49. The first kappa shape index (κ1) is 54.9. The number of likely N-dealkylation sites (N-methyl/N-ethyl adjacent to an activating group) is 6. The van der Waals surface area contributed by atoms with E-state index in [1.54, 1.807) is 20.8 Å². The number of urea groups is 3. The number of nitrogens with one attached hydrogen (secondary N) is 4. The number of hydrogen-bond acceptors (Lipinski definition) is 12. The molecule has 6 atom stereocenters. The van der Waals surface area contributed by atoms with Crippen LogP contribution in [0.1, 0.15) is 94.4 Å². The summed E-state index contributed by atoms with van der Waals surface area (Å²) >= 11 is 5.48. The van der Waals surface area contributed by atoms with Crippen molar-refractivity contribution in [1.29, 1.82) is 0 Å². The topological polar surface area (TPSA) is 238 Å². The number of thioether (sulfide) groups is 1. The van der Waals surface area contributed by atoms with E-state index in [0.29, 0.717) is 35.7 Å². The molecule has 1 aliphatic carbocycles. The fraction of sp³-hybridized carbons (Fsp3) is 0.775. The van der Waals surface area contributed by atoms with E-state index in [1.807, 2.05) is 26.1 Å². The predicted molar refractivity (Wildman–Crippen MR) is 236 cm³/mol. The molecule has 1 aliphatic rings. The van der Waals surface area contributed by atoms with Crippen LogP contribution in [0.25, 0.3) is 0 Å². The fourth-order valence-electron chi connectivity index (χ4n) is 7.06. The maximum Gasteiger partial charge on any atom is 0.331 e. The zero-order chi connectivity index (χ0) is 47.5. The third-order valence-electron chi connectivity index (χ3n) is 11.3. The molecule has 0 aromatic heterocycles. The van der Waals surface area contributed by atoms with Gasteiger partial charge in [-0.15, -0.1) is 11.8 Å². The van der Waals surface area contributed by atoms with Gasteiger partial charge in [0.2, 0.25) is 17.7 Å². The third-order valence-corrected chi connectivity index (χ3v) is 13.0. The molecule has 0 bridgehead atoms. The van der Waals surface area contributed by atoms with Gasteiger partial charge in [-0.3, -0.25) is 43.9 Å². The summed E-state index contributed by atoms with van der Waals surface area (Å²) in [5, 5.41) is 19.5. The van der Waals surface area contributed by atoms with Gasteiger partial charge in [-0.1, -0.05) is 41.5 Å². The zero-order valence-corrected chi connectivity index (χ0v) is 40.3. The van der Waals surface area contributed by atoms with E-state index in [0.717, 1.165) is 21.7 Å². The van der Waals surface area contributed by atoms with Gasteiger partial charge in [-0.25, -0.2) is 14.4 Å². The van der Waals surface area contributed by atoms with Gasteiger partial charge in [-0.2, -0.15) is 12.6 Å². The van der Waals surface area contributed by atoms with Crippen LogP contribution in [-0.4, -0.2) is 172 Å². The standard InChI is InChI=1S/C40H71N9O10S2/c1-16-18-28(50)47(13)33(61-20-17-19-60)32(54)45(11)27(22-38(6,7)59)30(52)44-40(25(5)39(40,8)9)34(55)49(15)36(57)43-35(56)42-24(4)31(53)48(14)37(58)46(12)26(21-23(2)3)29(51)41-10/h23-27,33,59-60H,16-22H2,1-15H3,(H,41,51)(H,44,52)(H2,42,43,56,57)/t24?,25?,26-,27-,33+,40+/m0/s1. The van der Waals surface area contributed by atoms with E-state index in [4.69, 9.17) is 0 Å². The fourth-order valence-corrected chi connectivity index (χ4v) is 8.62. The molecule has 0 saturated heterocycles. The van der Waals surface area contributed by atoms with E-state index in [2.05, 4.69) is 28.6 Å². The number of carbonyl (C=O) groups is 9. The molecular weight excluding hydrogens is 831 g/mol. The van der Waals surface area contributed by atoms with Gasteiger partial charge >= 0.3 is 18.1 Å². The summed E-state index contributed by atoms with van der Waals surface area (Å²) in [5.41, 5.74) is -4.11. The van der Waals surface area contributed by atoms with Crippen LogP contribution < -0.4 is 21.3 Å². The van der Waals surface area contributed by atoms with Crippen molar-refractivity contribution >= 4 is 77.9 Å². The lowest BCUT2D eigenvalue weighted by Gasteiger charge is -2.37. The molecule has 61 heavy (non-hydrogen) atoms. The highest BCUT2D eigenvalue weighted by Gasteiger charge is 2.75. The summed E-state index contributed by atoms with van der Waals surface area (Å²) in [5.74, 6) is -3.23. The molecule has 0 aromatic rings. The Balaban J connectivity index is 3.30. The van der Waals surface area contributed by atoms with E-state index < -0.39 is 93.6 Å². The van der Waals surface area contributed by atoms with Crippen molar-refractivity contribution in [2.45, 2.75) is 129 Å². The van der Waals surface area contributed by atoms with Crippen LogP contribution in [0.5, 0.6) is 0 Å². The molecule has 1 rings (SSSR count). The predicted octanol–water partition coefficient (Wildman–Crippen LogP) is 2.08. The molecule has 0 radical (unpaired) electrons. The Labute approximate surface area is 370 Å².